The van der Waals surface area contributed by atoms with E-state index in [1.165, 1.54) is 6.07 Å². The molecule has 3 heterocycles. The third-order valence-corrected chi connectivity index (χ3v) is 5.56. The third kappa shape index (κ3) is 3.35. The number of aryl methyl sites for hydroxylation is 1. The van der Waals surface area contributed by atoms with Gasteiger partial charge in [-0.15, -0.1) is 0 Å². The summed E-state index contributed by atoms with van der Waals surface area (Å²) in [5.74, 6) is 1.18. The van der Waals surface area contributed by atoms with Crippen molar-refractivity contribution in [1.82, 2.24) is 19.4 Å². The standard InChI is InChI=1S/C22H26N4O2/c1-14(2)26-10-8-23-21(26)16-5-4-9-25(13-16)22(28)18-12-20(27)24-19-7-6-15(3)11-17(18)19/h6-8,10-12,14,16H,4-5,9,13H2,1-3H3,(H,24,27)/t16-/m1/s1. The lowest BCUT2D eigenvalue weighted by Gasteiger charge is -2.33. The molecule has 6 nitrogen and oxygen atoms in total. The van der Waals surface area contributed by atoms with Gasteiger partial charge in [0.1, 0.15) is 5.82 Å². The molecule has 1 fully saturated rings. The van der Waals surface area contributed by atoms with Gasteiger partial charge in [0, 0.05) is 54.4 Å². The molecule has 3 aromatic rings. The maximum atomic E-state index is 13.4. The fraction of sp³-hybridized carbons (Fsp3) is 0.409. The van der Waals surface area contributed by atoms with Crippen LogP contribution in [0, 0.1) is 6.92 Å². The van der Waals surface area contributed by atoms with E-state index in [2.05, 4.69) is 28.4 Å². The second kappa shape index (κ2) is 7.26. The normalized spacial score (nSPS) is 17.4. The Bertz CT molecular complexity index is 1080. The van der Waals surface area contributed by atoms with Crippen LogP contribution in [0.2, 0.25) is 0 Å². The minimum absolute atomic E-state index is 0.0750. The highest BCUT2D eigenvalue weighted by Gasteiger charge is 2.29. The van der Waals surface area contributed by atoms with Crippen molar-refractivity contribution in [3.05, 3.63) is 64.0 Å². The number of likely N-dealkylation sites (tertiary alicyclic amines) is 1. The molecule has 1 aliphatic rings. The average molecular weight is 378 g/mol. The van der Waals surface area contributed by atoms with E-state index in [9.17, 15) is 9.59 Å². The Morgan fingerprint density at radius 1 is 1.29 bits per heavy atom. The van der Waals surface area contributed by atoms with Crippen molar-refractivity contribution in [3.8, 4) is 0 Å². The van der Waals surface area contributed by atoms with Crippen molar-refractivity contribution in [3.63, 3.8) is 0 Å². The number of rotatable bonds is 3. The number of benzene rings is 1. The zero-order chi connectivity index (χ0) is 19.8. The molecule has 146 valence electrons. The van der Waals surface area contributed by atoms with E-state index in [0.29, 0.717) is 30.2 Å². The molecule has 1 aliphatic heterocycles. The predicted molar refractivity (Wildman–Crippen MR) is 110 cm³/mol. The number of nitrogens with one attached hydrogen (secondary N) is 1. The van der Waals surface area contributed by atoms with E-state index in [4.69, 9.17) is 0 Å². The number of pyridine rings is 1. The van der Waals surface area contributed by atoms with Gasteiger partial charge in [0.05, 0.1) is 5.56 Å². The van der Waals surface area contributed by atoms with Crippen LogP contribution in [-0.2, 0) is 0 Å². The number of carbonyl (C=O) groups is 1. The Kier molecular flexibility index (Phi) is 4.79. The molecule has 0 saturated carbocycles. The molecule has 6 heteroatoms. The minimum atomic E-state index is -0.247. The van der Waals surface area contributed by atoms with Gasteiger partial charge in [0.25, 0.3) is 5.91 Å². The van der Waals surface area contributed by atoms with Crippen LogP contribution in [0.4, 0.5) is 0 Å². The van der Waals surface area contributed by atoms with Crippen LogP contribution < -0.4 is 5.56 Å². The summed E-state index contributed by atoms with van der Waals surface area (Å²) in [7, 11) is 0. The highest BCUT2D eigenvalue weighted by molar-refractivity contribution is 6.06. The number of piperidine rings is 1. The van der Waals surface area contributed by atoms with Gasteiger partial charge in [-0.1, -0.05) is 11.6 Å². The largest absolute Gasteiger partial charge is 0.338 e. The van der Waals surface area contributed by atoms with Crippen LogP contribution >= 0.6 is 0 Å². The monoisotopic (exact) mass is 378 g/mol. The van der Waals surface area contributed by atoms with Gasteiger partial charge >= 0.3 is 0 Å². The molecule has 4 rings (SSSR count). The lowest BCUT2D eigenvalue weighted by atomic mass is 9.95. The van der Waals surface area contributed by atoms with Gasteiger partial charge in [0.15, 0.2) is 0 Å². The number of hydrogen-bond acceptors (Lipinski definition) is 3. The summed E-state index contributed by atoms with van der Waals surface area (Å²) in [6, 6.07) is 7.54. The predicted octanol–water partition coefficient (Wildman–Crippen LogP) is 3.63. The second-order valence-electron chi connectivity index (χ2n) is 7.97. The van der Waals surface area contributed by atoms with Crippen LogP contribution in [0.25, 0.3) is 10.9 Å². The smallest absolute Gasteiger partial charge is 0.254 e. The lowest BCUT2D eigenvalue weighted by molar-refractivity contribution is 0.0705. The summed E-state index contributed by atoms with van der Waals surface area (Å²) < 4.78 is 2.19. The Hall–Kier alpha value is -2.89. The number of hydrogen-bond donors (Lipinski definition) is 1. The highest BCUT2D eigenvalue weighted by Crippen LogP contribution is 2.29. The Morgan fingerprint density at radius 2 is 2.11 bits per heavy atom. The topological polar surface area (TPSA) is 71.0 Å². The molecule has 1 aromatic carbocycles. The molecule has 1 saturated heterocycles. The number of imidazole rings is 1. The first-order valence-corrected chi connectivity index (χ1v) is 9.89. The Morgan fingerprint density at radius 3 is 2.89 bits per heavy atom. The summed E-state index contributed by atoms with van der Waals surface area (Å²) in [5, 5.41) is 0.801. The van der Waals surface area contributed by atoms with Crippen LogP contribution in [0.15, 0.2) is 41.5 Å². The van der Waals surface area contributed by atoms with Crippen LogP contribution in [0.1, 0.15) is 60.4 Å². The summed E-state index contributed by atoms with van der Waals surface area (Å²) in [5.41, 5.74) is 1.99. The lowest BCUT2D eigenvalue weighted by Crippen LogP contribution is -2.40. The SMILES string of the molecule is Cc1ccc2[nH]c(=O)cc(C(=O)N3CCC[C@@H](c4nccn4C(C)C)C3)c2c1. The number of H-pyrrole nitrogens is 1. The molecule has 28 heavy (non-hydrogen) atoms. The van der Waals surface area contributed by atoms with Crippen molar-refractivity contribution < 1.29 is 4.79 Å². The number of amides is 1. The van der Waals surface area contributed by atoms with Gasteiger partial charge in [-0.3, -0.25) is 9.59 Å². The van der Waals surface area contributed by atoms with E-state index >= 15 is 0 Å². The number of aromatic nitrogens is 3. The van der Waals surface area contributed by atoms with Crippen LogP contribution in [0.3, 0.4) is 0 Å². The molecule has 0 unspecified atom stereocenters. The molecule has 1 N–H and O–H groups in total. The first-order chi connectivity index (χ1) is 13.4. The first-order valence-electron chi connectivity index (χ1n) is 9.89. The molecular weight excluding hydrogens is 352 g/mol. The zero-order valence-corrected chi connectivity index (χ0v) is 16.6. The number of nitrogens with zero attached hydrogens (tertiary/aromatic N) is 3. The number of fused-ring (bicyclic) bond motifs is 1. The second-order valence-corrected chi connectivity index (χ2v) is 7.97. The van der Waals surface area contributed by atoms with E-state index in [0.717, 1.165) is 29.6 Å². The van der Waals surface area contributed by atoms with Gasteiger partial charge in [-0.2, -0.15) is 0 Å². The van der Waals surface area contributed by atoms with Crippen molar-refractivity contribution in [2.24, 2.45) is 0 Å². The Balaban J connectivity index is 1.67. The van der Waals surface area contributed by atoms with Crippen molar-refractivity contribution >= 4 is 16.8 Å². The summed E-state index contributed by atoms with van der Waals surface area (Å²) in [6.45, 7) is 7.60. The molecule has 0 bridgehead atoms. The average Bonchev–Trinajstić information content (AvgIpc) is 3.17. The zero-order valence-electron chi connectivity index (χ0n) is 16.6. The van der Waals surface area contributed by atoms with Crippen molar-refractivity contribution in [1.29, 1.82) is 0 Å². The summed E-state index contributed by atoms with van der Waals surface area (Å²) in [4.78, 5) is 34.7. The molecule has 0 radical (unpaired) electrons. The number of carbonyl (C=O) groups excluding carboxylic acids is 1. The first kappa shape index (κ1) is 18.5. The van der Waals surface area contributed by atoms with Crippen LogP contribution in [-0.4, -0.2) is 38.4 Å². The molecular formula is C22H26N4O2. The minimum Gasteiger partial charge on any atom is -0.338 e. The highest BCUT2D eigenvalue weighted by atomic mass is 16.2. The number of aromatic amines is 1. The maximum absolute atomic E-state index is 13.4. The van der Waals surface area contributed by atoms with Gasteiger partial charge in [-0.05, 0) is 45.7 Å². The molecule has 0 aliphatic carbocycles. The third-order valence-electron chi connectivity index (χ3n) is 5.56. The fourth-order valence-corrected chi connectivity index (χ4v) is 4.16. The Labute approximate surface area is 164 Å². The van der Waals surface area contributed by atoms with Gasteiger partial charge in [-0.25, -0.2) is 4.98 Å². The fourth-order valence-electron chi connectivity index (χ4n) is 4.16. The molecule has 2 aromatic heterocycles. The van der Waals surface area contributed by atoms with E-state index < -0.39 is 0 Å². The van der Waals surface area contributed by atoms with Crippen molar-refractivity contribution in [2.45, 2.75) is 45.6 Å². The van der Waals surface area contributed by atoms with Crippen LogP contribution in [0.5, 0.6) is 0 Å². The van der Waals surface area contributed by atoms with Gasteiger partial charge < -0.3 is 14.5 Å². The maximum Gasteiger partial charge on any atom is 0.254 e. The van der Waals surface area contributed by atoms with E-state index in [1.54, 1.807) is 0 Å². The molecule has 1 atom stereocenters. The van der Waals surface area contributed by atoms with E-state index in [-0.39, 0.29) is 17.4 Å². The quantitative estimate of drug-likeness (QED) is 0.756. The van der Waals surface area contributed by atoms with Crippen molar-refractivity contribution in [2.75, 3.05) is 13.1 Å². The van der Waals surface area contributed by atoms with E-state index in [1.807, 2.05) is 42.4 Å². The molecule has 0 spiro atoms. The molecule has 1 amide bonds. The summed E-state index contributed by atoms with van der Waals surface area (Å²) >= 11 is 0. The summed E-state index contributed by atoms with van der Waals surface area (Å²) in [6.07, 6.45) is 5.79. The van der Waals surface area contributed by atoms with Gasteiger partial charge in [0.2, 0.25) is 5.56 Å².